The maximum atomic E-state index is 13.0. The predicted molar refractivity (Wildman–Crippen MR) is 113 cm³/mol. The number of oxazole rings is 1. The number of piperidine rings is 1. The molecule has 1 saturated heterocycles. The monoisotopic (exact) mass is 443 g/mol. The van der Waals surface area contributed by atoms with Gasteiger partial charge < -0.3 is 9.73 Å². The number of anilines is 1. The zero-order valence-electron chi connectivity index (χ0n) is 16.8. The van der Waals surface area contributed by atoms with E-state index in [0.717, 1.165) is 0 Å². The molecule has 10 heteroatoms. The van der Waals surface area contributed by atoms with Gasteiger partial charge in [-0.2, -0.15) is 4.31 Å². The second kappa shape index (κ2) is 8.12. The van der Waals surface area contributed by atoms with Gasteiger partial charge in [0.2, 0.25) is 15.9 Å². The largest absolute Gasteiger partial charge is 0.417 e. The van der Waals surface area contributed by atoms with Crippen LogP contribution < -0.4 is 11.1 Å². The van der Waals surface area contributed by atoms with Crippen LogP contribution in [-0.2, 0) is 14.8 Å². The minimum absolute atomic E-state index is 0.0340. The number of nitrogens with zero attached hydrogens (tertiary/aromatic N) is 1. The Kier molecular flexibility index (Phi) is 5.50. The first-order chi connectivity index (χ1) is 14.7. The van der Waals surface area contributed by atoms with Gasteiger partial charge in [0.05, 0.1) is 10.4 Å². The number of fused-ring (bicyclic) bond motifs is 1. The number of Topliss-reactive ketones (excluding diaryl/α,β-unsaturated/α-hetero) is 1. The molecule has 2 aromatic carbocycles. The summed E-state index contributed by atoms with van der Waals surface area (Å²) in [6, 6.07) is 10.9. The van der Waals surface area contributed by atoms with Crippen molar-refractivity contribution in [3.05, 3.63) is 58.6 Å². The maximum Gasteiger partial charge on any atom is 0.417 e. The van der Waals surface area contributed by atoms with Gasteiger partial charge in [0.15, 0.2) is 11.4 Å². The number of nitrogens with one attached hydrogen (secondary N) is 2. The number of amides is 1. The van der Waals surface area contributed by atoms with Gasteiger partial charge in [-0.05, 0) is 44.0 Å². The first-order valence-electron chi connectivity index (χ1n) is 9.79. The van der Waals surface area contributed by atoms with Crippen molar-refractivity contribution in [3.63, 3.8) is 0 Å². The number of sulfonamides is 1. The summed E-state index contributed by atoms with van der Waals surface area (Å²) in [6.45, 7) is 1.85. The summed E-state index contributed by atoms with van der Waals surface area (Å²) >= 11 is 0. The van der Waals surface area contributed by atoms with Crippen molar-refractivity contribution in [2.75, 3.05) is 18.4 Å². The highest BCUT2D eigenvalue weighted by Crippen LogP contribution is 2.26. The van der Waals surface area contributed by atoms with Crippen molar-refractivity contribution in [2.45, 2.75) is 24.7 Å². The number of carbonyl (C=O) groups excluding carboxylic acids is 2. The van der Waals surface area contributed by atoms with Crippen LogP contribution in [0.5, 0.6) is 0 Å². The minimum atomic E-state index is -3.78. The van der Waals surface area contributed by atoms with E-state index in [-0.39, 0.29) is 41.2 Å². The molecule has 2 heterocycles. The minimum Gasteiger partial charge on any atom is -0.408 e. The fraction of sp³-hybridized carbons (Fsp3) is 0.286. The quantitative estimate of drug-likeness (QED) is 0.583. The van der Waals surface area contributed by atoms with Crippen LogP contribution in [0.15, 0.2) is 56.6 Å². The van der Waals surface area contributed by atoms with Crippen LogP contribution >= 0.6 is 0 Å². The van der Waals surface area contributed by atoms with Crippen LogP contribution in [0.1, 0.15) is 30.1 Å². The molecule has 0 spiro atoms. The zero-order chi connectivity index (χ0) is 22.2. The van der Waals surface area contributed by atoms with Crippen LogP contribution in [0.3, 0.4) is 0 Å². The van der Waals surface area contributed by atoms with Gasteiger partial charge in [-0.25, -0.2) is 13.2 Å². The molecular formula is C21H21N3O6S. The fourth-order valence-electron chi connectivity index (χ4n) is 3.65. The third-order valence-corrected chi connectivity index (χ3v) is 7.29. The Balaban J connectivity index is 1.42. The van der Waals surface area contributed by atoms with E-state index in [2.05, 4.69) is 10.3 Å². The summed E-state index contributed by atoms with van der Waals surface area (Å²) in [6.07, 6.45) is 0.748. The molecule has 4 rings (SSSR count). The molecule has 0 atom stereocenters. The molecule has 0 aliphatic carbocycles. The highest BCUT2D eigenvalue weighted by molar-refractivity contribution is 7.89. The van der Waals surface area contributed by atoms with E-state index in [0.29, 0.717) is 29.6 Å². The average Bonchev–Trinajstić information content (AvgIpc) is 3.13. The van der Waals surface area contributed by atoms with Gasteiger partial charge in [0.1, 0.15) is 0 Å². The van der Waals surface area contributed by atoms with Crippen LogP contribution in [0.2, 0.25) is 0 Å². The maximum absolute atomic E-state index is 13.0. The lowest BCUT2D eigenvalue weighted by atomic mass is 9.97. The molecule has 0 unspecified atom stereocenters. The van der Waals surface area contributed by atoms with Crippen molar-refractivity contribution in [3.8, 4) is 0 Å². The van der Waals surface area contributed by atoms with Gasteiger partial charge in [0, 0.05) is 36.3 Å². The van der Waals surface area contributed by atoms with E-state index < -0.39 is 15.8 Å². The number of benzene rings is 2. The Hall–Kier alpha value is -3.24. The highest BCUT2D eigenvalue weighted by Gasteiger charge is 2.32. The topological polar surface area (TPSA) is 130 Å². The number of hydrogen-bond donors (Lipinski definition) is 2. The lowest BCUT2D eigenvalue weighted by Gasteiger charge is -2.30. The number of carbonyl (C=O) groups is 2. The molecule has 0 bridgehead atoms. The van der Waals surface area contributed by atoms with Gasteiger partial charge in [-0.1, -0.05) is 12.1 Å². The van der Waals surface area contributed by atoms with E-state index in [4.69, 9.17) is 4.42 Å². The zero-order valence-corrected chi connectivity index (χ0v) is 17.6. The molecule has 1 amide bonds. The van der Waals surface area contributed by atoms with Gasteiger partial charge >= 0.3 is 5.76 Å². The second-order valence-electron chi connectivity index (χ2n) is 7.48. The number of rotatable bonds is 5. The molecule has 3 aromatic rings. The molecule has 1 aliphatic rings. The second-order valence-corrected chi connectivity index (χ2v) is 9.42. The van der Waals surface area contributed by atoms with Crippen molar-refractivity contribution in [1.29, 1.82) is 0 Å². The predicted octanol–water partition coefficient (Wildman–Crippen LogP) is 2.36. The standard InChI is InChI=1S/C21H21N3O6S/c1-13(25)15-3-2-4-16(11-15)22-20(26)14-7-9-24(10-8-14)31(28,29)17-5-6-18-19(12-17)30-21(27)23-18/h2-6,11-12,14H,7-10H2,1H3,(H,22,26)(H,23,27). The Morgan fingerprint density at radius 1 is 1.13 bits per heavy atom. The van der Waals surface area contributed by atoms with E-state index in [9.17, 15) is 22.8 Å². The molecule has 9 nitrogen and oxygen atoms in total. The van der Waals surface area contributed by atoms with Gasteiger partial charge in [-0.3, -0.25) is 14.6 Å². The Bertz CT molecular complexity index is 1320. The van der Waals surface area contributed by atoms with E-state index in [1.165, 1.54) is 29.4 Å². The van der Waals surface area contributed by atoms with Crippen molar-refractivity contribution >= 4 is 38.5 Å². The number of aromatic amines is 1. The van der Waals surface area contributed by atoms with E-state index >= 15 is 0 Å². The summed E-state index contributed by atoms with van der Waals surface area (Å²) < 4.78 is 32.2. The molecule has 1 aromatic heterocycles. The lowest BCUT2D eigenvalue weighted by Crippen LogP contribution is -2.41. The molecular weight excluding hydrogens is 422 g/mol. The Morgan fingerprint density at radius 3 is 2.58 bits per heavy atom. The average molecular weight is 443 g/mol. The first kappa shape index (κ1) is 21.0. The summed E-state index contributed by atoms with van der Waals surface area (Å²) in [5.41, 5.74) is 1.64. The molecule has 0 radical (unpaired) electrons. The van der Waals surface area contributed by atoms with Crippen LogP contribution in [0.25, 0.3) is 11.1 Å². The smallest absolute Gasteiger partial charge is 0.408 e. The van der Waals surface area contributed by atoms with E-state index in [1.807, 2.05) is 0 Å². The number of ketones is 1. The molecule has 2 N–H and O–H groups in total. The van der Waals surface area contributed by atoms with Crippen LogP contribution in [0.4, 0.5) is 5.69 Å². The molecule has 1 aliphatic heterocycles. The van der Waals surface area contributed by atoms with Gasteiger partial charge in [-0.15, -0.1) is 0 Å². The summed E-state index contributed by atoms with van der Waals surface area (Å²) in [4.78, 5) is 37.9. The lowest BCUT2D eigenvalue weighted by molar-refractivity contribution is -0.120. The van der Waals surface area contributed by atoms with Crippen LogP contribution in [-0.4, -0.2) is 42.5 Å². The molecule has 162 valence electrons. The number of H-pyrrole nitrogens is 1. The molecule has 1 fully saturated rings. The Labute approximate surface area is 178 Å². The SMILES string of the molecule is CC(=O)c1cccc(NC(=O)C2CCN(S(=O)(=O)c3ccc4[nH]c(=O)oc4c3)CC2)c1. The number of hydrogen-bond acceptors (Lipinski definition) is 6. The first-order valence-corrected chi connectivity index (χ1v) is 11.2. The van der Waals surface area contributed by atoms with Crippen molar-refractivity contribution in [1.82, 2.24) is 9.29 Å². The van der Waals surface area contributed by atoms with Gasteiger partial charge in [0.25, 0.3) is 0 Å². The third kappa shape index (κ3) is 4.30. The number of aromatic nitrogens is 1. The third-order valence-electron chi connectivity index (χ3n) is 5.39. The Morgan fingerprint density at radius 2 is 1.87 bits per heavy atom. The fourth-order valence-corrected chi connectivity index (χ4v) is 5.14. The summed E-state index contributed by atoms with van der Waals surface area (Å²) in [5.74, 6) is -1.28. The summed E-state index contributed by atoms with van der Waals surface area (Å²) in [5, 5.41) is 2.81. The normalized spacial score (nSPS) is 15.8. The molecule has 31 heavy (non-hydrogen) atoms. The van der Waals surface area contributed by atoms with Crippen LogP contribution in [0, 0.1) is 5.92 Å². The highest BCUT2D eigenvalue weighted by atomic mass is 32.2. The molecule has 0 saturated carbocycles. The van der Waals surface area contributed by atoms with Crippen molar-refractivity contribution < 1.29 is 22.4 Å². The van der Waals surface area contributed by atoms with Crippen molar-refractivity contribution in [2.24, 2.45) is 5.92 Å². The summed E-state index contributed by atoms with van der Waals surface area (Å²) in [7, 11) is -3.78. The van der Waals surface area contributed by atoms with E-state index in [1.54, 1.807) is 24.3 Å².